The van der Waals surface area contributed by atoms with Gasteiger partial charge in [-0.1, -0.05) is 30.3 Å². The molecular weight excluding hydrogens is 653 g/mol. The number of carboxylic acids is 1. The highest BCUT2D eigenvalue weighted by molar-refractivity contribution is 7.89. The highest BCUT2D eigenvalue weighted by Gasteiger charge is 2.29. The van der Waals surface area contributed by atoms with Gasteiger partial charge in [0, 0.05) is 12.5 Å². The highest BCUT2D eigenvalue weighted by atomic mass is 35.5. The van der Waals surface area contributed by atoms with E-state index in [2.05, 4.69) is 26.0 Å². The lowest BCUT2D eigenvalue weighted by atomic mass is 9.84. The molecule has 2 saturated heterocycles. The van der Waals surface area contributed by atoms with E-state index in [-0.39, 0.29) is 41.5 Å². The van der Waals surface area contributed by atoms with Crippen molar-refractivity contribution in [3.8, 4) is 0 Å². The molecular formula is C32H49Cl2N5O6S. The Morgan fingerprint density at radius 3 is 1.93 bits per heavy atom. The SMILES string of the molecule is CC(NC(=O)C(CCC1CCNCC1)CCC1CCNCC1)C(=O)NCC(NS(=O)(=O)c1ccc2ccccc2c1)C(=O)O.Cl.Cl. The zero-order chi connectivity index (χ0) is 31.5. The number of benzene rings is 2. The minimum Gasteiger partial charge on any atom is -0.480 e. The Balaban J connectivity index is 0.00000368. The van der Waals surface area contributed by atoms with Crippen LogP contribution in [0, 0.1) is 17.8 Å². The molecule has 258 valence electrons. The van der Waals surface area contributed by atoms with E-state index in [1.54, 1.807) is 25.1 Å². The summed E-state index contributed by atoms with van der Waals surface area (Å²) in [6, 6.07) is 9.27. The van der Waals surface area contributed by atoms with Gasteiger partial charge in [0.15, 0.2) is 0 Å². The van der Waals surface area contributed by atoms with Gasteiger partial charge in [-0.2, -0.15) is 4.72 Å². The second kappa shape index (κ2) is 19.4. The number of amides is 2. The van der Waals surface area contributed by atoms with Gasteiger partial charge in [0.1, 0.15) is 12.1 Å². The van der Waals surface area contributed by atoms with Gasteiger partial charge in [-0.05, 0) is 119 Å². The van der Waals surface area contributed by atoms with Crippen molar-refractivity contribution in [2.45, 2.75) is 75.3 Å². The molecule has 4 rings (SSSR count). The molecule has 2 heterocycles. The van der Waals surface area contributed by atoms with E-state index in [1.807, 2.05) is 12.1 Å². The van der Waals surface area contributed by atoms with Gasteiger partial charge in [0.05, 0.1) is 4.90 Å². The number of rotatable bonds is 15. The topological polar surface area (TPSA) is 166 Å². The first-order valence-electron chi connectivity index (χ1n) is 15.9. The highest BCUT2D eigenvalue weighted by Crippen LogP contribution is 2.27. The number of halogens is 2. The lowest BCUT2D eigenvalue weighted by molar-refractivity contribution is -0.139. The van der Waals surface area contributed by atoms with Crippen molar-refractivity contribution in [2.24, 2.45) is 17.8 Å². The molecule has 2 fully saturated rings. The predicted octanol–water partition coefficient (Wildman–Crippen LogP) is 3.21. The maximum Gasteiger partial charge on any atom is 0.323 e. The van der Waals surface area contributed by atoms with Gasteiger partial charge in [0.25, 0.3) is 0 Å². The van der Waals surface area contributed by atoms with Crippen molar-refractivity contribution in [1.82, 2.24) is 26.0 Å². The number of piperidine rings is 2. The van der Waals surface area contributed by atoms with Crippen molar-refractivity contribution in [3.05, 3.63) is 42.5 Å². The van der Waals surface area contributed by atoms with Gasteiger partial charge in [-0.25, -0.2) is 8.42 Å². The first-order valence-corrected chi connectivity index (χ1v) is 17.3. The summed E-state index contributed by atoms with van der Waals surface area (Å²) < 4.78 is 28.2. The molecule has 0 aromatic heterocycles. The zero-order valence-electron chi connectivity index (χ0n) is 26.3. The minimum absolute atomic E-state index is 0. The molecule has 2 aromatic rings. The van der Waals surface area contributed by atoms with Crippen molar-refractivity contribution >= 4 is 63.4 Å². The van der Waals surface area contributed by atoms with E-state index in [0.29, 0.717) is 17.2 Å². The van der Waals surface area contributed by atoms with Crippen LogP contribution in [0.25, 0.3) is 10.8 Å². The Bertz CT molecular complexity index is 1360. The number of fused-ring (bicyclic) bond motifs is 1. The standard InChI is InChI=1S/C32H47N5O6S.2ClH/c1-22(36-31(39)26(8-6-23-12-16-33-17-13-23)9-7-24-14-18-34-19-15-24)30(38)35-21-29(32(40)41)37-44(42,43)28-11-10-25-4-2-3-5-27(25)20-28;;/h2-5,10-11,20,22-24,26,29,33-34,37H,6-9,12-19,21H2,1H3,(H,35,38)(H,36,39)(H,40,41);2*1H. The molecule has 0 aliphatic carbocycles. The molecule has 2 amide bonds. The number of aliphatic carboxylic acids is 1. The van der Waals surface area contributed by atoms with Crippen LogP contribution in [-0.2, 0) is 24.4 Å². The molecule has 2 atom stereocenters. The molecule has 0 radical (unpaired) electrons. The van der Waals surface area contributed by atoms with E-state index in [4.69, 9.17) is 0 Å². The first kappa shape index (κ1) is 39.7. The maximum atomic E-state index is 13.4. The Kier molecular flexibility index (Phi) is 16.7. The van der Waals surface area contributed by atoms with Crippen LogP contribution >= 0.6 is 24.8 Å². The average molecular weight is 703 g/mol. The van der Waals surface area contributed by atoms with E-state index in [0.717, 1.165) is 82.9 Å². The Labute approximate surface area is 284 Å². The summed E-state index contributed by atoms with van der Waals surface area (Å²) in [5.41, 5.74) is 0. The van der Waals surface area contributed by atoms with Crippen LogP contribution in [0.5, 0.6) is 0 Å². The molecule has 2 aromatic carbocycles. The van der Waals surface area contributed by atoms with Crippen LogP contribution in [-0.4, -0.2) is 76.1 Å². The lowest BCUT2D eigenvalue weighted by Gasteiger charge is -2.27. The largest absolute Gasteiger partial charge is 0.480 e. The number of carboxylic acid groups (broad SMARTS) is 1. The second-order valence-electron chi connectivity index (χ2n) is 12.2. The number of sulfonamides is 1. The number of carbonyl (C=O) groups is 3. The molecule has 11 nitrogen and oxygen atoms in total. The van der Waals surface area contributed by atoms with Crippen molar-refractivity contribution in [3.63, 3.8) is 0 Å². The number of carbonyl (C=O) groups excluding carboxylic acids is 2. The van der Waals surface area contributed by atoms with E-state index in [1.165, 1.54) is 12.1 Å². The van der Waals surface area contributed by atoms with Crippen LogP contribution in [0.2, 0.25) is 0 Å². The summed E-state index contributed by atoms with van der Waals surface area (Å²) in [7, 11) is -4.19. The third-order valence-corrected chi connectivity index (χ3v) is 10.5. The fourth-order valence-corrected chi connectivity index (χ4v) is 7.37. The minimum atomic E-state index is -4.19. The summed E-state index contributed by atoms with van der Waals surface area (Å²) in [5.74, 6) is -1.18. The van der Waals surface area contributed by atoms with Gasteiger partial charge >= 0.3 is 5.97 Å². The predicted molar refractivity (Wildman–Crippen MR) is 184 cm³/mol. The van der Waals surface area contributed by atoms with Crippen molar-refractivity contribution in [2.75, 3.05) is 32.7 Å². The fraction of sp³-hybridized carbons (Fsp3) is 0.594. The molecule has 2 aliphatic rings. The molecule has 2 aliphatic heterocycles. The van der Waals surface area contributed by atoms with Crippen molar-refractivity contribution in [1.29, 1.82) is 0 Å². The van der Waals surface area contributed by atoms with E-state index < -0.39 is 40.5 Å². The molecule has 0 spiro atoms. The normalized spacial score (nSPS) is 17.3. The Morgan fingerprint density at radius 2 is 1.39 bits per heavy atom. The molecule has 0 bridgehead atoms. The fourth-order valence-electron chi connectivity index (χ4n) is 6.14. The summed E-state index contributed by atoms with van der Waals surface area (Å²) in [6.45, 7) is 5.09. The number of hydrogen-bond donors (Lipinski definition) is 6. The summed E-state index contributed by atoms with van der Waals surface area (Å²) in [5, 5.41) is 23.4. The Morgan fingerprint density at radius 1 is 0.848 bits per heavy atom. The molecule has 2 unspecified atom stereocenters. The van der Waals surface area contributed by atoms with Crippen LogP contribution in [0.1, 0.15) is 58.3 Å². The van der Waals surface area contributed by atoms with E-state index in [9.17, 15) is 27.9 Å². The summed E-state index contributed by atoms with van der Waals surface area (Å²) in [4.78, 5) is 38.1. The third-order valence-electron chi connectivity index (χ3n) is 8.99. The van der Waals surface area contributed by atoms with Gasteiger partial charge < -0.3 is 26.4 Å². The van der Waals surface area contributed by atoms with E-state index >= 15 is 0 Å². The lowest BCUT2D eigenvalue weighted by Crippen LogP contribution is -2.52. The second-order valence-corrected chi connectivity index (χ2v) is 13.9. The number of nitrogens with one attached hydrogen (secondary N) is 5. The third kappa shape index (κ3) is 12.0. The maximum absolute atomic E-state index is 13.4. The first-order chi connectivity index (χ1) is 21.1. The van der Waals surface area contributed by atoms with Crippen LogP contribution in [0.15, 0.2) is 47.4 Å². The summed E-state index contributed by atoms with van der Waals surface area (Å²) in [6.07, 6.45) is 7.93. The van der Waals surface area contributed by atoms with Crippen molar-refractivity contribution < 1.29 is 27.9 Å². The summed E-state index contributed by atoms with van der Waals surface area (Å²) >= 11 is 0. The monoisotopic (exact) mass is 701 g/mol. The van der Waals surface area contributed by atoms with Crippen LogP contribution < -0.4 is 26.0 Å². The molecule has 6 N–H and O–H groups in total. The Hall–Kier alpha value is -2.48. The van der Waals surface area contributed by atoms with Crippen LogP contribution in [0.4, 0.5) is 0 Å². The quantitative estimate of drug-likeness (QED) is 0.165. The smallest absolute Gasteiger partial charge is 0.323 e. The average Bonchev–Trinajstić information content (AvgIpc) is 3.03. The molecule has 46 heavy (non-hydrogen) atoms. The van der Waals surface area contributed by atoms with Gasteiger partial charge in [-0.15, -0.1) is 24.8 Å². The van der Waals surface area contributed by atoms with Crippen LogP contribution in [0.3, 0.4) is 0 Å². The number of hydrogen-bond acceptors (Lipinski definition) is 7. The molecule has 14 heteroatoms. The zero-order valence-corrected chi connectivity index (χ0v) is 28.8. The van der Waals surface area contributed by atoms with Gasteiger partial charge in [-0.3, -0.25) is 14.4 Å². The molecule has 0 saturated carbocycles. The van der Waals surface area contributed by atoms with Gasteiger partial charge in [0.2, 0.25) is 21.8 Å².